The number of nitrogens with one attached hydrogen (secondary N) is 1. The monoisotopic (exact) mass is 249 g/mol. The van der Waals surface area contributed by atoms with Crippen molar-refractivity contribution in [1.82, 2.24) is 10.3 Å². The molecule has 4 N–H and O–H groups in total. The van der Waals surface area contributed by atoms with Crippen molar-refractivity contribution >= 4 is 5.91 Å². The second kappa shape index (κ2) is 5.82. The molecule has 5 heteroatoms. The number of nitrogens with zero attached hydrogens (tertiary/aromatic N) is 1. The molecule has 1 saturated carbocycles. The zero-order valence-electron chi connectivity index (χ0n) is 10.3. The van der Waals surface area contributed by atoms with Crippen molar-refractivity contribution in [2.45, 2.75) is 38.3 Å². The van der Waals surface area contributed by atoms with Gasteiger partial charge in [0, 0.05) is 18.5 Å². The van der Waals surface area contributed by atoms with Crippen molar-refractivity contribution < 1.29 is 9.90 Å². The van der Waals surface area contributed by atoms with E-state index in [-0.39, 0.29) is 17.6 Å². The highest BCUT2D eigenvalue weighted by atomic mass is 16.3. The average Bonchev–Trinajstić information content (AvgIpc) is 2.38. The van der Waals surface area contributed by atoms with E-state index >= 15 is 0 Å². The fraction of sp³-hybridized carbons (Fsp3) is 0.538. The molecule has 0 aromatic carbocycles. The van der Waals surface area contributed by atoms with E-state index in [0.29, 0.717) is 12.6 Å². The predicted octanol–water partition coefficient (Wildman–Crippen LogP) is 0.921. The van der Waals surface area contributed by atoms with E-state index in [1.807, 2.05) is 0 Å². The molecule has 98 valence electrons. The number of rotatable bonds is 4. The number of hydrogen-bond acceptors (Lipinski definition) is 4. The Morgan fingerprint density at radius 2 is 2.11 bits per heavy atom. The molecule has 0 spiro atoms. The Balaban J connectivity index is 1.75. The first kappa shape index (κ1) is 12.8. The first-order chi connectivity index (χ1) is 8.65. The third-order valence-corrected chi connectivity index (χ3v) is 3.51. The summed E-state index contributed by atoms with van der Waals surface area (Å²) < 4.78 is 0. The molecule has 0 atom stereocenters. The van der Waals surface area contributed by atoms with Gasteiger partial charge in [0.1, 0.15) is 5.75 Å². The van der Waals surface area contributed by atoms with Crippen LogP contribution in [0.2, 0.25) is 0 Å². The van der Waals surface area contributed by atoms with Gasteiger partial charge in [-0.2, -0.15) is 0 Å². The number of hydrogen-bond donors (Lipinski definition) is 3. The van der Waals surface area contributed by atoms with Gasteiger partial charge in [0.05, 0.1) is 11.9 Å². The van der Waals surface area contributed by atoms with E-state index < -0.39 is 0 Å². The lowest BCUT2D eigenvalue weighted by Gasteiger charge is -2.27. The number of amides is 1. The van der Waals surface area contributed by atoms with Gasteiger partial charge in [0.2, 0.25) is 5.91 Å². The van der Waals surface area contributed by atoms with Crippen molar-refractivity contribution in [3.05, 3.63) is 24.0 Å². The molecular weight excluding hydrogens is 230 g/mol. The third kappa shape index (κ3) is 3.43. The van der Waals surface area contributed by atoms with Gasteiger partial charge >= 0.3 is 0 Å². The quantitative estimate of drug-likeness (QED) is 0.740. The van der Waals surface area contributed by atoms with Gasteiger partial charge in [0.15, 0.2) is 0 Å². The normalized spacial score (nSPS) is 23.8. The molecule has 0 radical (unpaired) electrons. The van der Waals surface area contributed by atoms with Crippen molar-refractivity contribution in [2.24, 2.45) is 11.7 Å². The minimum Gasteiger partial charge on any atom is -0.506 e. The molecule has 1 heterocycles. The van der Waals surface area contributed by atoms with E-state index in [2.05, 4.69) is 10.3 Å². The molecule has 1 aliphatic rings. The van der Waals surface area contributed by atoms with Crippen LogP contribution in [0, 0.1) is 5.92 Å². The molecular formula is C13H19N3O2. The van der Waals surface area contributed by atoms with E-state index in [1.165, 1.54) is 6.20 Å². The number of carbonyl (C=O) groups excluding carboxylic acids is 1. The maximum Gasteiger partial charge on any atom is 0.220 e. The van der Waals surface area contributed by atoms with Crippen LogP contribution in [-0.4, -0.2) is 22.0 Å². The Morgan fingerprint density at radius 1 is 1.39 bits per heavy atom. The molecule has 1 aromatic rings. The second-order valence-corrected chi connectivity index (χ2v) is 4.84. The number of aromatic nitrogens is 1. The second-order valence-electron chi connectivity index (χ2n) is 4.84. The Kier molecular flexibility index (Phi) is 4.15. The number of primary amides is 1. The van der Waals surface area contributed by atoms with E-state index in [4.69, 9.17) is 10.8 Å². The van der Waals surface area contributed by atoms with Gasteiger partial charge < -0.3 is 16.2 Å². The van der Waals surface area contributed by atoms with Gasteiger partial charge in [-0.25, -0.2) is 0 Å². The van der Waals surface area contributed by atoms with E-state index in [0.717, 1.165) is 31.4 Å². The number of carbonyl (C=O) groups is 1. The Labute approximate surface area is 106 Å². The summed E-state index contributed by atoms with van der Waals surface area (Å²) in [6, 6.07) is 3.86. The third-order valence-electron chi connectivity index (χ3n) is 3.51. The van der Waals surface area contributed by atoms with Crippen molar-refractivity contribution in [1.29, 1.82) is 0 Å². The van der Waals surface area contributed by atoms with Crippen molar-refractivity contribution in [3.8, 4) is 5.75 Å². The zero-order chi connectivity index (χ0) is 13.0. The minimum atomic E-state index is -0.173. The lowest BCUT2D eigenvalue weighted by atomic mass is 9.85. The van der Waals surface area contributed by atoms with Crippen LogP contribution in [0.15, 0.2) is 18.3 Å². The largest absolute Gasteiger partial charge is 0.506 e. The first-order valence-electron chi connectivity index (χ1n) is 6.32. The fourth-order valence-corrected chi connectivity index (χ4v) is 2.35. The van der Waals surface area contributed by atoms with Crippen LogP contribution in [0.25, 0.3) is 0 Å². The molecule has 0 bridgehead atoms. The zero-order valence-corrected chi connectivity index (χ0v) is 10.3. The maximum atomic E-state index is 11.0. The van der Waals surface area contributed by atoms with Crippen LogP contribution in [0.1, 0.15) is 31.4 Å². The standard InChI is InChI=1S/C13H19N3O2/c14-13(18)9-1-3-10(4-2-9)15-7-11-5-6-12(17)8-16-11/h5-6,8-10,15,17H,1-4,7H2,(H2,14,18). The summed E-state index contributed by atoms with van der Waals surface area (Å²) >= 11 is 0. The van der Waals surface area contributed by atoms with Crippen LogP contribution < -0.4 is 11.1 Å². The molecule has 1 aliphatic carbocycles. The molecule has 1 aromatic heterocycles. The molecule has 0 aliphatic heterocycles. The molecule has 5 nitrogen and oxygen atoms in total. The highest BCUT2D eigenvalue weighted by Gasteiger charge is 2.24. The topological polar surface area (TPSA) is 88.2 Å². The van der Waals surface area contributed by atoms with E-state index in [1.54, 1.807) is 12.1 Å². The Hall–Kier alpha value is -1.62. The van der Waals surface area contributed by atoms with Gasteiger partial charge in [-0.1, -0.05) is 0 Å². The lowest BCUT2D eigenvalue weighted by Crippen LogP contribution is -2.36. The van der Waals surface area contributed by atoms with Crippen molar-refractivity contribution in [3.63, 3.8) is 0 Å². The van der Waals surface area contributed by atoms with Crippen LogP contribution in [0.4, 0.5) is 0 Å². The van der Waals surface area contributed by atoms with Crippen LogP contribution >= 0.6 is 0 Å². The summed E-state index contributed by atoms with van der Waals surface area (Å²) in [6.45, 7) is 0.687. The van der Waals surface area contributed by atoms with Gasteiger partial charge in [0.25, 0.3) is 0 Å². The highest BCUT2D eigenvalue weighted by Crippen LogP contribution is 2.24. The van der Waals surface area contributed by atoms with Gasteiger partial charge in [-0.3, -0.25) is 9.78 Å². The van der Waals surface area contributed by atoms with E-state index in [9.17, 15) is 4.79 Å². The fourth-order valence-electron chi connectivity index (χ4n) is 2.35. The van der Waals surface area contributed by atoms with Gasteiger partial charge in [-0.15, -0.1) is 0 Å². The molecule has 0 saturated heterocycles. The van der Waals surface area contributed by atoms with Crippen LogP contribution in [0.3, 0.4) is 0 Å². The summed E-state index contributed by atoms with van der Waals surface area (Å²) in [7, 11) is 0. The summed E-state index contributed by atoms with van der Waals surface area (Å²) in [5.41, 5.74) is 6.21. The molecule has 1 fully saturated rings. The summed E-state index contributed by atoms with van der Waals surface area (Å²) in [6.07, 6.45) is 5.14. The van der Waals surface area contributed by atoms with Crippen molar-refractivity contribution in [2.75, 3.05) is 0 Å². The highest BCUT2D eigenvalue weighted by molar-refractivity contribution is 5.76. The minimum absolute atomic E-state index is 0.0508. The number of nitrogens with two attached hydrogens (primary N) is 1. The number of pyridine rings is 1. The molecule has 1 amide bonds. The molecule has 18 heavy (non-hydrogen) atoms. The SMILES string of the molecule is NC(=O)C1CCC(NCc2ccc(O)cn2)CC1. The summed E-state index contributed by atoms with van der Waals surface area (Å²) in [4.78, 5) is 15.2. The van der Waals surface area contributed by atoms with Gasteiger partial charge in [-0.05, 0) is 37.8 Å². The molecule has 0 unspecified atom stereocenters. The van der Waals surface area contributed by atoms with Crippen LogP contribution in [0.5, 0.6) is 5.75 Å². The summed E-state index contributed by atoms with van der Waals surface area (Å²) in [5, 5.41) is 12.5. The number of aromatic hydroxyl groups is 1. The summed E-state index contributed by atoms with van der Waals surface area (Å²) in [5.74, 6) is 0.0595. The first-order valence-corrected chi connectivity index (χ1v) is 6.32. The average molecular weight is 249 g/mol. The maximum absolute atomic E-state index is 11.0. The molecule has 2 rings (SSSR count). The van der Waals surface area contributed by atoms with Crippen LogP contribution in [-0.2, 0) is 11.3 Å². The Bertz CT molecular complexity index is 397. The lowest BCUT2D eigenvalue weighted by molar-refractivity contribution is -0.122. The smallest absolute Gasteiger partial charge is 0.220 e. The Morgan fingerprint density at radius 3 is 2.67 bits per heavy atom. The predicted molar refractivity (Wildman–Crippen MR) is 67.7 cm³/mol.